The van der Waals surface area contributed by atoms with Crippen LogP contribution in [0.3, 0.4) is 0 Å². The Morgan fingerprint density at radius 2 is 2.05 bits per heavy atom. The second kappa shape index (κ2) is 5.47. The number of methoxy groups -OCH3 is 1. The number of carbonyl (C=O) groups excluding carboxylic acids is 1. The maximum absolute atomic E-state index is 11.9. The van der Waals surface area contributed by atoms with Gasteiger partial charge in [-0.3, -0.25) is 0 Å². The second-order valence-electron chi connectivity index (χ2n) is 5.15. The van der Waals surface area contributed by atoms with Gasteiger partial charge >= 0.3 is 5.97 Å². The predicted octanol–water partition coefficient (Wildman–Crippen LogP) is 2.22. The van der Waals surface area contributed by atoms with Gasteiger partial charge in [0.2, 0.25) is 0 Å². The molecule has 0 bridgehead atoms. The third kappa shape index (κ3) is 2.64. The second-order valence-corrected chi connectivity index (χ2v) is 5.15. The highest BCUT2D eigenvalue weighted by Crippen LogP contribution is 2.32. The van der Waals surface area contributed by atoms with Crippen LogP contribution in [0.5, 0.6) is 0 Å². The molecule has 0 spiro atoms. The normalized spacial score (nSPS) is 23.2. The molecule has 1 aromatic heterocycles. The van der Waals surface area contributed by atoms with Crippen molar-refractivity contribution in [2.45, 2.75) is 45.2 Å². The van der Waals surface area contributed by atoms with Crippen molar-refractivity contribution in [1.82, 2.24) is 4.98 Å². The molecule has 0 aliphatic carbocycles. The summed E-state index contributed by atoms with van der Waals surface area (Å²) >= 11 is 0. The van der Waals surface area contributed by atoms with Crippen LogP contribution in [0.4, 0.5) is 11.5 Å². The van der Waals surface area contributed by atoms with E-state index >= 15 is 0 Å². The molecule has 5 heteroatoms. The lowest BCUT2D eigenvalue weighted by molar-refractivity contribution is 0.0601. The van der Waals surface area contributed by atoms with Crippen LogP contribution in [0.25, 0.3) is 0 Å². The first-order valence-corrected chi connectivity index (χ1v) is 6.66. The van der Waals surface area contributed by atoms with Gasteiger partial charge in [0.25, 0.3) is 0 Å². The average molecular weight is 263 g/mol. The summed E-state index contributed by atoms with van der Waals surface area (Å²) in [7, 11) is 1.38. The van der Waals surface area contributed by atoms with Crippen molar-refractivity contribution < 1.29 is 9.53 Å². The van der Waals surface area contributed by atoms with E-state index < -0.39 is 0 Å². The van der Waals surface area contributed by atoms with Crippen LogP contribution in [-0.2, 0) is 4.74 Å². The number of nitrogens with two attached hydrogens (primary N) is 1. The van der Waals surface area contributed by atoms with Gasteiger partial charge in [-0.1, -0.05) is 0 Å². The topological polar surface area (TPSA) is 68.5 Å². The number of hydrogen-bond acceptors (Lipinski definition) is 5. The zero-order valence-electron chi connectivity index (χ0n) is 11.7. The molecule has 2 unspecified atom stereocenters. The quantitative estimate of drug-likeness (QED) is 0.829. The molecule has 2 N–H and O–H groups in total. The van der Waals surface area contributed by atoms with Crippen LogP contribution in [-0.4, -0.2) is 30.1 Å². The Kier molecular flexibility index (Phi) is 3.93. The summed E-state index contributed by atoms with van der Waals surface area (Å²) < 4.78 is 4.84. The fourth-order valence-corrected chi connectivity index (χ4v) is 2.84. The summed E-state index contributed by atoms with van der Waals surface area (Å²) in [6.45, 7) is 4.35. The predicted molar refractivity (Wildman–Crippen MR) is 75.2 cm³/mol. The van der Waals surface area contributed by atoms with Gasteiger partial charge in [-0.2, -0.15) is 0 Å². The van der Waals surface area contributed by atoms with E-state index in [1.165, 1.54) is 13.5 Å². The molecule has 104 valence electrons. The Morgan fingerprint density at radius 1 is 1.42 bits per heavy atom. The standard InChI is InChI=1S/C14H21N3O2/c1-9-5-4-6-10(2)17(9)12-8-16-13(15)7-11(12)14(18)19-3/h7-10H,4-6H2,1-3H3,(H2,15,16). The molecule has 1 aromatic rings. The number of pyridine rings is 1. The molecule has 0 saturated carbocycles. The molecule has 5 nitrogen and oxygen atoms in total. The van der Waals surface area contributed by atoms with Crippen molar-refractivity contribution in [3.8, 4) is 0 Å². The van der Waals surface area contributed by atoms with Gasteiger partial charge in [0.05, 0.1) is 24.6 Å². The molecule has 2 rings (SSSR count). The molecule has 19 heavy (non-hydrogen) atoms. The Hall–Kier alpha value is -1.78. The van der Waals surface area contributed by atoms with Crippen LogP contribution in [0.1, 0.15) is 43.5 Å². The van der Waals surface area contributed by atoms with E-state index in [2.05, 4.69) is 23.7 Å². The monoisotopic (exact) mass is 263 g/mol. The first-order chi connectivity index (χ1) is 9.04. The first kappa shape index (κ1) is 13.6. The van der Waals surface area contributed by atoms with Crippen LogP contribution < -0.4 is 10.6 Å². The van der Waals surface area contributed by atoms with Crippen molar-refractivity contribution in [2.75, 3.05) is 17.7 Å². The first-order valence-electron chi connectivity index (χ1n) is 6.66. The molecular weight excluding hydrogens is 242 g/mol. The van der Waals surface area contributed by atoms with E-state index in [1.54, 1.807) is 12.3 Å². The minimum Gasteiger partial charge on any atom is -0.465 e. The lowest BCUT2D eigenvalue weighted by Gasteiger charge is -2.41. The SMILES string of the molecule is COC(=O)c1cc(N)ncc1N1C(C)CCCC1C. The summed E-state index contributed by atoms with van der Waals surface area (Å²) in [5.74, 6) is -0.0319. The molecule has 1 fully saturated rings. The summed E-state index contributed by atoms with van der Waals surface area (Å²) in [5.41, 5.74) is 7.00. The Labute approximate surface area is 113 Å². The van der Waals surface area contributed by atoms with Crippen molar-refractivity contribution in [1.29, 1.82) is 0 Å². The molecule has 1 aliphatic rings. The number of anilines is 2. The average Bonchev–Trinajstić information content (AvgIpc) is 2.39. The summed E-state index contributed by atoms with van der Waals surface area (Å²) in [6, 6.07) is 2.37. The highest BCUT2D eigenvalue weighted by molar-refractivity contribution is 5.96. The number of piperidine rings is 1. The molecule has 0 amide bonds. The van der Waals surface area contributed by atoms with Crippen LogP contribution >= 0.6 is 0 Å². The number of aromatic nitrogens is 1. The van der Waals surface area contributed by atoms with Crippen LogP contribution in [0, 0.1) is 0 Å². The van der Waals surface area contributed by atoms with Gasteiger partial charge < -0.3 is 15.4 Å². The van der Waals surface area contributed by atoms with E-state index in [9.17, 15) is 4.79 Å². The largest absolute Gasteiger partial charge is 0.465 e. The molecule has 1 aliphatic heterocycles. The van der Waals surface area contributed by atoms with E-state index in [0.717, 1.165) is 18.5 Å². The molecule has 0 radical (unpaired) electrons. The highest BCUT2D eigenvalue weighted by atomic mass is 16.5. The fourth-order valence-electron chi connectivity index (χ4n) is 2.84. The minimum atomic E-state index is -0.367. The van der Waals surface area contributed by atoms with Crippen LogP contribution in [0.15, 0.2) is 12.3 Å². The van der Waals surface area contributed by atoms with Gasteiger partial charge in [0.1, 0.15) is 5.82 Å². The summed E-state index contributed by atoms with van der Waals surface area (Å²) in [6.07, 6.45) is 5.14. The van der Waals surface area contributed by atoms with Gasteiger partial charge in [-0.15, -0.1) is 0 Å². The molecule has 1 saturated heterocycles. The van der Waals surface area contributed by atoms with Crippen molar-refractivity contribution in [3.05, 3.63) is 17.8 Å². The number of esters is 1. The zero-order valence-corrected chi connectivity index (χ0v) is 11.7. The van der Waals surface area contributed by atoms with Gasteiger partial charge in [-0.05, 0) is 39.2 Å². The number of rotatable bonds is 2. The van der Waals surface area contributed by atoms with E-state index in [0.29, 0.717) is 23.5 Å². The Balaban J connectivity index is 2.45. The lowest BCUT2D eigenvalue weighted by atomic mass is 9.96. The maximum Gasteiger partial charge on any atom is 0.340 e. The number of nitrogen functional groups attached to an aromatic ring is 1. The van der Waals surface area contributed by atoms with E-state index in [1.807, 2.05) is 0 Å². The Bertz CT molecular complexity index is 466. The zero-order chi connectivity index (χ0) is 14.0. The molecule has 2 atom stereocenters. The minimum absolute atomic E-state index is 0.335. The smallest absolute Gasteiger partial charge is 0.340 e. The highest BCUT2D eigenvalue weighted by Gasteiger charge is 2.28. The third-order valence-electron chi connectivity index (χ3n) is 3.78. The number of hydrogen-bond donors (Lipinski definition) is 1. The number of nitrogens with zero attached hydrogens (tertiary/aromatic N) is 2. The maximum atomic E-state index is 11.9. The summed E-state index contributed by atoms with van der Waals surface area (Å²) in [5, 5.41) is 0. The van der Waals surface area contributed by atoms with Gasteiger partial charge in [-0.25, -0.2) is 9.78 Å². The van der Waals surface area contributed by atoms with Crippen molar-refractivity contribution in [3.63, 3.8) is 0 Å². The van der Waals surface area contributed by atoms with Crippen LogP contribution in [0.2, 0.25) is 0 Å². The van der Waals surface area contributed by atoms with Gasteiger partial charge in [0, 0.05) is 12.1 Å². The Morgan fingerprint density at radius 3 is 2.63 bits per heavy atom. The number of ether oxygens (including phenoxy) is 1. The van der Waals surface area contributed by atoms with E-state index in [-0.39, 0.29) is 5.97 Å². The van der Waals surface area contributed by atoms with Crippen molar-refractivity contribution in [2.24, 2.45) is 0 Å². The molecule has 2 heterocycles. The third-order valence-corrected chi connectivity index (χ3v) is 3.78. The fraction of sp³-hybridized carbons (Fsp3) is 0.571. The number of carbonyl (C=O) groups is 1. The van der Waals surface area contributed by atoms with E-state index in [4.69, 9.17) is 10.5 Å². The van der Waals surface area contributed by atoms with Crippen molar-refractivity contribution >= 4 is 17.5 Å². The summed E-state index contributed by atoms with van der Waals surface area (Å²) in [4.78, 5) is 18.3. The molecule has 0 aromatic carbocycles. The lowest BCUT2D eigenvalue weighted by Crippen LogP contribution is -2.44. The van der Waals surface area contributed by atoms with Gasteiger partial charge in [0.15, 0.2) is 0 Å². The molecular formula is C14H21N3O2.